The molecule has 2 amide bonds. The third kappa shape index (κ3) is 8.36. The smallest absolute Gasteiger partial charge is 0.411 e. The van der Waals surface area contributed by atoms with Gasteiger partial charge in [-0.15, -0.1) is 0 Å². The molecule has 1 saturated heterocycles. The van der Waals surface area contributed by atoms with Crippen molar-refractivity contribution in [1.82, 2.24) is 10.2 Å². The summed E-state index contributed by atoms with van der Waals surface area (Å²) in [5.74, 6) is 0.827. The number of carbonyl (C=O) groups excluding carboxylic acids is 2. The number of aliphatic hydroxyl groups excluding tert-OH is 1. The lowest BCUT2D eigenvalue weighted by atomic mass is 9.82. The lowest BCUT2D eigenvalue weighted by Gasteiger charge is -2.36. The molecule has 1 heterocycles. The molecule has 0 aromatic heterocycles. The molecule has 2 rings (SSSR count). The number of hydrogen-bond acceptors (Lipinski definition) is 5. The van der Waals surface area contributed by atoms with Crippen LogP contribution in [-0.4, -0.2) is 53.4 Å². The molecule has 0 spiro atoms. The summed E-state index contributed by atoms with van der Waals surface area (Å²) in [6.07, 6.45) is 1.56. The topological polar surface area (TPSA) is 88.1 Å². The second-order valence-electron chi connectivity index (χ2n) is 12.1. The van der Waals surface area contributed by atoms with E-state index in [1.165, 1.54) is 0 Å². The van der Waals surface area contributed by atoms with Crippen LogP contribution in [0.15, 0.2) is 24.3 Å². The Morgan fingerprint density at radius 3 is 2.24 bits per heavy atom. The maximum Gasteiger partial charge on any atom is 0.411 e. The summed E-state index contributed by atoms with van der Waals surface area (Å²) in [5, 5.41) is 14.6. The summed E-state index contributed by atoms with van der Waals surface area (Å²) in [7, 11) is 1.63. The van der Waals surface area contributed by atoms with Gasteiger partial charge in [-0.3, -0.25) is 9.69 Å². The van der Waals surface area contributed by atoms with Crippen LogP contribution in [0, 0.1) is 23.7 Å². The van der Waals surface area contributed by atoms with E-state index in [1.54, 1.807) is 12.0 Å². The minimum absolute atomic E-state index is 0.0311. The van der Waals surface area contributed by atoms with Crippen LogP contribution in [0.3, 0.4) is 0 Å². The SMILES string of the molecule is CCCCNC(=O)[C@H](C[C@H](O)[C@@H]1C[C@@H](C(C)C)[C@H](c2ccc(OC)cc2)N1C(=O)OC(C)(C)C)C(C)C. The lowest BCUT2D eigenvalue weighted by molar-refractivity contribution is -0.127. The first-order valence-corrected chi connectivity index (χ1v) is 13.9. The zero-order valence-electron chi connectivity index (χ0n) is 24.4. The predicted octanol–water partition coefficient (Wildman–Crippen LogP) is 5.96. The first-order chi connectivity index (χ1) is 17.3. The van der Waals surface area contributed by atoms with Crippen LogP contribution in [-0.2, 0) is 9.53 Å². The van der Waals surface area contributed by atoms with Crippen LogP contribution in [0.4, 0.5) is 4.79 Å². The Hall–Kier alpha value is -2.28. The van der Waals surface area contributed by atoms with Crippen molar-refractivity contribution in [3.05, 3.63) is 29.8 Å². The second-order valence-corrected chi connectivity index (χ2v) is 12.1. The van der Waals surface area contributed by atoms with Crippen LogP contribution in [0.25, 0.3) is 0 Å². The quantitative estimate of drug-likeness (QED) is 0.353. The van der Waals surface area contributed by atoms with Crippen molar-refractivity contribution in [1.29, 1.82) is 0 Å². The molecule has 7 nitrogen and oxygen atoms in total. The highest BCUT2D eigenvalue weighted by molar-refractivity contribution is 5.79. The molecule has 1 fully saturated rings. The Labute approximate surface area is 224 Å². The zero-order valence-corrected chi connectivity index (χ0v) is 24.4. The highest BCUT2D eigenvalue weighted by Crippen LogP contribution is 2.47. The maximum atomic E-state index is 13.7. The number of nitrogens with zero attached hydrogens (tertiary/aromatic N) is 1. The molecule has 2 N–H and O–H groups in total. The van der Waals surface area contributed by atoms with Gasteiger partial charge in [-0.2, -0.15) is 0 Å². The van der Waals surface area contributed by atoms with Gasteiger partial charge in [-0.05, 0) is 75.5 Å². The number of methoxy groups -OCH3 is 1. The number of nitrogens with one attached hydrogen (secondary N) is 1. The minimum atomic E-state index is -0.860. The Morgan fingerprint density at radius 1 is 1.14 bits per heavy atom. The molecular weight excluding hydrogens is 468 g/mol. The summed E-state index contributed by atoms with van der Waals surface area (Å²) < 4.78 is 11.2. The molecule has 5 atom stereocenters. The number of benzene rings is 1. The average Bonchev–Trinajstić information content (AvgIpc) is 3.22. The maximum absolute atomic E-state index is 13.7. The van der Waals surface area contributed by atoms with Gasteiger partial charge in [0.05, 0.1) is 25.3 Å². The van der Waals surface area contributed by atoms with Gasteiger partial charge in [0.25, 0.3) is 0 Å². The Balaban J connectivity index is 2.43. The van der Waals surface area contributed by atoms with Crippen LogP contribution in [0.2, 0.25) is 0 Å². The fourth-order valence-corrected chi connectivity index (χ4v) is 5.30. The third-order valence-corrected chi connectivity index (χ3v) is 7.40. The fourth-order valence-electron chi connectivity index (χ4n) is 5.30. The highest BCUT2D eigenvalue weighted by atomic mass is 16.6. The summed E-state index contributed by atoms with van der Waals surface area (Å²) in [6, 6.07) is 7.07. The number of carbonyl (C=O) groups is 2. The van der Waals surface area contributed by atoms with Gasteiger partial charge in [-0.25, -0.2) is 4.79 Å². The van der Waals surface area contributed by atoms with E-state index in [2.05, 4.69) is 26.1 Å². The number of ether oxygens (including phenoxy) is 2. The van der Waals surface area contributed by atoms with Crippen molar-refractivity contribution in [2.75, 3.05) is 13.7 Å². The highest BCUT2D eigenvalue weighted by Gasteiger charge is 2.50. The van der Waals surface area contributed by atoms with Crippen LogP contribution < -0.4 is 10.1 Å². The van der Waals surface area contributed by atoms with Gasteiger partial charge >= 0.3 is 6.09 Å². The molecule has 0 saturated carbocycles. The standard InChI is InChI=1S/C30H50N2O5/c1-10-11-16-31-28(34)24(20(4)5)18-26(33)25-17-23(19(2)3)27(21-12-14-22(36-9)15-13-21)32(25)29(35)37-30(6,7)8/h12-15,19-20,23-27,33H,10-11,16-18H2,1-9H3,(H,31,34)/t23-,24+,25-,26-,27-/m0/s1. The summed E-state index contributed by atoms with van der Waals surface area (Å²) in [5.41, 5.74) is 0.310. The Bertz CT molecular complexity index is 862. The van der Waals surface area contributed by atoms with Crippen LogP contribution >= 0.6 is 0 Å². The average molecular weight is 519 g/mol. The van der Waals surface area contributed by atoms with E-state index in [1.807, 2.05) is 58.9 Å². The largest absolute Gasteiger partial charge is 0.497 e. The van der Waals surface area contributed by atoms with Crippen LogP contribution in [0.1, 0.15) is 92.7 Å². The molecule has 1 aromatic carbocycles. The summed E-state index contributed by atoms with van der Waals surface area (Å²) in [4.78, 5) is 28.4. The number of unbranched alkanes of at least 4 members (excludes halogenated alkanes) is 1. The third-order valence-electron chi connectivity index (χ3n) is 7.40. The Kier molecular flexibility index (Phi) is 11.3. The van der Waals surface area contributed by atoms with Gasteiger partial charge in [0.1, 0.15) is 11.4 Å². The second kappa shape index (κ2) is 13.5. The molecule has 37 heavy (non-hydrogen) atoms. The lowest BCUT2D eigenvalue weighted by Crippen LogP contribution is -2.48. The van der Waals surface area contributed by atoms with Crippen LogP contribution in [0.5, 0.6) is 5.75 Å². The molecule has 0 unspecified atom stereocenters. The van der Waals surface area contributed by atoms with E-state index in [0.717, 1.165) is 24.2 Å². The van der Waals surface area contributed by atoms with Crippen molar-refractivity contribution < 1.29 is 24.2 Å². The van der Waals surface area contributed by atoms with Gasteiger partial charge in [0.2, 0.25) is 5.91 Å². The molecule has 0 aliphatic carbocycles. The van der Waals surface area contributed by atoms with E-state index < -0.39 is 23.8 Å². The van der Waals surface area contributed by atoms with Crippen molar-refractivity contribution in [3.8, 4) is 5.75 Å². The fraction of sp³-hybridized carbons (Fsp3) is 0.733. The van der Waals surface area contributed by atoms with E-state index in [9.17, 15) is 14.7 Å². The molecular formula is C30H50N2O5. The normalized spacial score (nSPS) is 21.7. The van der Waals surface area contributed by atoms with E-state index in [-0.39, 0.29) is 35.6 Å². The molecule has 0 bridgehead atoms. The monoisotopic (exact) mass is 518 g/mol. The van der Waals surface area contributed by atoms with Gasteiger partial charge in [0, 0.05) is 12.5 Å². The molecule has 1 aromatic rings. The predicted molar refractivity (Wildman–Crippen MR) is 147 cm³/mol. The number of aliphatic hydroxyl groups is 1. The van der Waals surface area contributed by atoms with E-state index in [4.69, 9.17) is 9.47 Å². The number of hydrogen-bond donors (Lipinski definition) is 2. The van der Waals surface area contributed by atoms with Crippen molar-refractivity contribution >= 4 is 12.0 Å². The molecule has 1 aliphatic rings. The molecule has 0 radical (unpaired) electrons. The van der Waals surface area contributed by atoms with Crippen molar-refractivity contribution in [3.63, 3.8) is 0 Å². The molecule has 1 aliphatic heterocycles. The van der Waals surface area contributed by atoms with Crippen molar-refractivity contribution in [2.24, 2.45) is 23.7 Å². The molecule has 210 valence electrons. The van der Waals surface area contributed by atoms with Gasteiger partial charge in [-0.1, -0.05) is 53.2 Å². The van der Waals surface area contributed by atoms with Crippen molar-refractivity contribution in [2.45, 2.75) is 105 Å². The van der Waals surface area contributed by atoms with E-state index >= 15 is 0 Å². The van der Waals surface area contributed by atoms with E-state index in [0.29, 0.717) is 19.4 Å². The van der Waals surface area contributed by atoms with Gasteiger partial charge < -0.3 is 19.9 Å². The summed E-state index contributed by atoms with van der Waals surface area (Å²) in [6.45, 7) is 16.6. The first kappa shape index (κ1) is 30.9. The zero-order chi connectivity index (χ0) is 27.9. The number of amides is 2. The summed E-state index contributed by atoms with van der Waals surface area (Å²) >= 11 is 0. The molecule has 7 heteroatoms. The number of rotatable bonds is 11. The Morgan fingerprint density at radius 2 is 1.76 bits per heavy atom. The van der Waals surface area contributed by atoms with Gasteiger partial charge in [0.15, 0.2) is 0 Å². The minimum Gasteiger partial charge on any atom is -0.497 e. The number of likely N-dealkylation sites (tertiary alicyclic amines) is 1. The first-order valence-electron chi connectivity index (χ1n) is 13.9.